The van der Waals surface area contributed by atoms with Crippen LogP contribution in [-0.2, 0) is 0 Å². The molecule has 2 atom stereocenters. The van der Waals surface area contributed by atoms with E-state index in [0.29, 0.717) is 12.0 Å². The average Bonchev–Trinajstić information content (AvgIpc) is 2.31. The molecule has 0 radical (unpaired) electrons. The van der Waals surface area contributed by atoms with Gasteiger partial charge in [-0.1, -0.05) is 31.5 Å². The number of halogens is 2. The first-order valence-electron chi connectivity index (χ1n) is 6.67. The Labute approximate surface area is 120 Å². The molecule has 2 unspecified atom stereocenters. The lowest BCUT2D eigenvalue weighted by molar-refractivity contribution is 0.273. The van der Waals surface area contributed by atoms with Crippen molar-refractivity contribution in [3.05, 3.63) is 34.6 Å². The van der Waals surface area contributed by atoms with Gasteiger partial charge in [0, 0.05) is 18.6 Å². The molecule has 19 heavy (non-hydrogen) atoms. The topological polar surface area (TPSA) is 15.3 Å². The van der Waals surface area contributed by atoms with E-state index in [4.69, 9.17) is 11.6 Å². The Bertz CT molecular complexity index is 407. The number of nitrogens with zero attached hydrogens (tertiary/aromatic N) is 1. The summed E-state index contributed by atoms with van der Waals surface area (Å²) in [5.41, 5.74) is 1.01. The van der Waals surface area contributed by atoms with Gasteiger partial charge in [0.2, 0.25) is 0 Å². The summed E-state index contributed by atoms with van der Waals surface area (Å²) in [5, 5.41) is 3.77. The maximum absolute atomic E-state index is 13.2. The maximum Gasteiger partial charge on any atom is 0.141 e. The van der Waals surface area contributed by atoms with Gasteiger partial charge in [-0.3, -0.25) is 0 Å². The highest BCUT2D eigenvalue weighted by atomic mass is 35.5. The molecule has 0 heterocycles. The van der Waals surface area contributed by atoms with Gasteiger partial charge in [-0.05, 0) is 44.6 Å². The molecule has 0 aliphatic heterocycles. The predicted octanol–water partition coefficient (Wildman–Crippen LogP) is 3.72. The highest BCUT2D eigenvalue weighted by Crippen LogP contribution is 2.21. The number of rotatable bonds is 6. The van der Waals surface area contributed by atoms with Gasteiger partial charge in [0.25, 0.3) is 0 Å². The molecule has 0 saturated heterocycles. The highest BCUT2D eigenvalue weighted by molar-refractivity contribution is 6.30. The number of likely N-dealkylation sites (N-methyl/N-ethyl adjacent to an activating group) is 1. The van der Waals surface area contributed by atoms with Crippen LogP contribution in [0.4, 0.5) is 4.39 Å². The number of hydrogen-bond acceptors (Lipinski definition) is 2. The van der Waals surface area contributed by atoms with Crippen LogP contribution in [0.15, 0.2) is 18.2 Å². The molecule has 108 valence electrons. The smallest absolute Gasteiger partial charge is 0.141 e. The van der Waals surface area contributed by atoms with Gasteiger partial charge >= 0.3 is 0 Å². The lowest BCUT2D eigenvalue weighted by Gasteiger charge is -2.29. The standard InChI is InChI=1S/C15H24ClFN2/c1-10(2)15(9-19(4)5)18-11(3)12-6-7-14(17)13(16)8-12/h6-8,10-11,15,18H,9H2,1-5H3. The largest absolute Gasteiger partial charge is 0.308 e. The molecule has 0 bridgehead atoms. The molecule has 0 aliphatic carbocycles. The molecule has 1 aromatic rings. The second-order valence-electron chi connectivity index (χ2n) is 5.67. The van der Waals surface area contributed by atoms with E-state index in [-0.39, 0.29) is 16.9 Å². The molecule has 4 heteroatoms. The quantitative estimate of drug-likeness (QED) is 0.857. The summed E-state index contributed by atoms with van der Waals surface area (Å²) in [6, 6.07) is 5.43. The third-order valence-corrected chi connectivity index (χ3v) is 3.56. The zero-order chi connectivity index (χ0) is 14.6. The third-order valence-electron chi connectivity index (χ3n) is 3.27. The van der Waals surface area contributed by atoms with Gasteiger partial charge in [0.05, 0.1) is 5.02 Å². The van der Waals surface area contributed by atoms with Crippen molar-refractivity contribution < 1.29 is 4.39 Å². The van der Waals surface area contributed by atoms with Crippen molar-refractivity contribution in [2.45, 2.75) is 32.9 Å². The van der Waals surface area contributed by atoms with Crippen molar-refractivity contribution in [1.29, 1.82) is 0 Å². The van der Waals surface area contributed by atoms with Gasteiger partial charge in [-0.2, -0.15) is 0 Å². The lowest BCUT2D eigenvalue weighted by atomic mass is 10.0. The van der Waals surface area contributed by atoms with Crippen LogP contribution < -0.4 is 5.32 Å². The molecule has 0 fully saturated rings. The molecule has 0 aromatic heterocycles. The van der Waals surface area contributed by atoms with Crippen LogP contribution in [-0.4, -0.2) is 31.6 Å². The average molecular weight is 287 g/mol. The van der Waals surface area contributed by atoms with E-state index < -0.39 is 0 Å². The zero-order valence-corrected chi connectivity index (χ0v) is 13.1. The van der Waals surface area contributed by atoms with E-state index in [1.165, 1.54) is 6.07 Å². The van der Waals surface area contributed by atoms with E-state index in [1.54, 1.807) is 12.1 Å². The molecule has 2 nitrogen and oxygen atoms in total. The van der Waals surface area contributed by atoms with Crippen molar-refractivity contribution in [2.24, 2.45) is 5.92 Å². The minimum absolute atomic E-state index is 0.144. The minimum atomic E-state index is -0.369. The van der Waals surface area contributed by atoms with Crippen molar-refractivity contribution >= 4 is 11.6 Å². The molecule has 0 spiro atoms. The fourth-order valence-corrected chi connectivity index (χ4v) is 2.24. The van der Waals surface area contributed by atoms with E-state index >= 15 is 0 Å². The molecule has 0 aliphatic rings. The van der Waals surface area contributed by atoms with Crippen molar-refractivity contribution in [3.63, 3.8) is 0 Å². The monoisotopic (exact) mass is 286 g/mol. The molecule has 0 amide bonds. The van der Waals surface area contributed by atoms with E-state index in [1.807, 2.05) is 0 Å². The lowest BCUT2D eigenvalue weighted by Crippen LogP contribution is -2.43. The van der Waals surface area contributed by atoms with Crippen LogP contribution in [0.2, 0.25) is 5.02 Å². The summed E-state index contributed by atoms with van der Waals surface area (Å²) in [7, 11) is 4.13. The van der Waals surface area contributed by atoms with Crippen LogP contribution in [0.5, 0.6) is 0 Å². The summed E-state index contributed by atoms with van der Waals surface area (Å²) in [6.45, 7) is 7.45. The SMILES string of the molecule is CC(NC(CN(C)C)C(C)C)c1ccc(F)c(Cl)c1. The van der Waals surface area contributed by atoms with Crippen LogP contribution in [0.1, 0.15) is 32.4 Å². The molecular weight excluding hydrogens is 263 g/mol. The molecular formula is C15H24ClFN2. The Morgan fingerprint density at radius 2 is 1.89 bits per heavy atom. The Hall–Kier alpha value is -0.640. The van der Waals surface area contributed by atoms with Gasteiger partial charge in [0.1, 0.15) is 5.82 Å². The fraction of sp³-hybridized carbons (Fsp3) is 0.600. The first-order chi connectivity index (χ1) is 8.81. The van der Waals surface area contributed by atoms with Crippen LogP contribution in [0.3, 0.4) is 0 Å². The van der Waals surface area contributed by atoms with Crippen molar-refractivity contribution in [2.75, 3.05) is 20.6 Å². The minimum Gasteiger partial charge on any atom is -0.308 e. The van der Waals surface area contributed by atoms with E-state index in [2.05, 4.69) is 45.1 Å². The van der Waals surface area contributed by atoms with Crippen molar-refractivity contribution in [1.82, 2.24) is 10.2 Å². The third kappa shape index (κ3) is 5.09. The summed E-state index contributed by atoms with van der Waals surface area (Å²) < 4.78 is 13.2. The summed E-state index contributed by atoms with van der Waals surface area (Å²) in [6.07, 6.45) is 0. The Balaban J connectivity index is 2.75. The first kappa shape index (κ1) is 16.4. The second-order valence-corrected chi connectivity index (χ2v) is 6.08. The van der Waals surface area contributed by atoms with Crippen LogP contribution in [0.25, 0.3) is 0 Å². The maximum atomic E-state index is 13.2. The number of nitrogens with one attached hydrogen (secondary N) is 1. The van der Waals surface area contributed by atoms with Crippen LogP contribution in [0, 0.1) is 11.7 Å². The normalized spacial score (nSPS) is 15.0. The predicted molar refractivity (Wildman–Crippen MR) is 80.1 cm³/mol. The molecule has 1 rings (SSSR count). The van der Waals surface area contributed by atoms with Gasteiger partial charge in [-0.15, -0.1) is 0 Å². The molecule has 0 saturated carbocycles. The van der Waals surface area contributed by atoms with Gasteiger partial charge < -0.3 is 10.2 Å². The Morgan fingerprint density at radius 3 is 2.37 bits per heavy atom. The van der Waals surface area contributed by atoms with Gasteiger partial charge in [-0.25, -0.2) is 4.39 Å². The number of hydrogen-bond donors (Lipinski definition) is 1. The van der Waals surface area contributed by atoms with Gasteiger partial charge in [0.15, 0.2) is 0 Å². The second kappa shape index (κ2) is 7.22. The molecule has 1 aromatic carbocycles. The fourth-order valence-electron chi connectivity index (χ4n) is 2.05. The van der Waals surface area contributed by atoms with E-state index in [9.17, 15) is 4.39 Å². The first-order valence-corrected chi connectivity index (χ1v) is 7.04. The Morgan fingerprint density at radius 1 is 1.26 bits per heavy atom. The number of benzene rings is 1. The summed E-state index contributed by atoms with van der Waals surface area (Å²) in [5.74, 6) is 0.159. The van der Waals surface area contributed by atoms with Crippen LogP contribution >= 0.6 is 11.6 Å². The van der Waals surface area contributed by atoms with Crippen molar-refractivity contribution in [3.8, 4) is 0 Å². The zero-order valence-electron chi connectivity index (χ0n) is 12.4. The molecule has 1 N–H and O–H groups in total. The summed E-state index contributed by atoms with van der Waals surface area (Å²) >= 11 is 5.83. The highest BCUT2D eigenvalue weighted by Gasteiger charge is 2.18. The Kier molecular flexibility index (Phi) is 6.24. The van der Waals surface area contributed by atoms with E-state index in [0.717, 1.165) is 12.1 Å². The summed E-state index contributed by atoms with van der Waals surface area (Å²) in [4.78, 5) is 2.17.